The van der Waals surface area contributed by atoms with Crippen LogP contribution in [0.15, 0.2) is 218 Å². The Kier molecular flexibility index (Phi) is 10.2. The number of benzene rings is 10. The molecular formula is C66H50. The van der Waals surface area contributed by atoms with Gasteiger partial charge in [0, 0.05) is 5.41 Å². The fourth-order valence-corrected chi connectivity index (χ4v) is 11.2. The number of hydrogen-bond donors (Lipinski definition) is 0. The second kappa shape index (κ2) is 17.0. The van der Waals surface area contributed by atoms with Crippen molar-refractivity contribution in [3.63, 3.8) is 0 Å². The van der Waals surface area contributed by atoms with Crippen molar-refractivity contribution < 1.29 is 0 Å². The summed E-state index contributed by atoms with van der Waals surface area (Å²) >= 11 is 0. The van der Waals surface area contributed by atoms with Gasteiger partial charge in [0.1, 0.15) is 0 Å². The van der Waals surface area contributed by atoms with Crippen LogP contribution in [0, 0.1) is 0 Å². The quantitative estimate of drug-likeness (QED) is 0.134. The average Bonchev–Trinajstić information content (AvgIpc) is 3.64. The molecule has 66 heavy (non-hydrogen) atoms. The molecule has 2 aliphatic rings. The first-order valence-corrected chi connectivity index (χ1v) is 23.7. The lowest BCUT2D eigenvalue weighted by Crippen LogP contribution is -2.28. The number of fused-ring (bicyclic) bond motifs is 7. The molecule has 0 saturated heterocycles. The number of rotatable bonds is 8. The summed E-state index contributed by atoms with van der Waals surface area (Å²) in [5.41, 5.74) is 20.6. The van der Waals surface area contributed by atoms with Crippen molar-refractivity contribution in [3.05, 3.63) is 252 Å². The van der Waals surface area contributed by atoms with Crippen molar-refractivity contribution >= 4 is 45.8 Å². The summed E-state index contributed by atoms with van der Waals surface area (Å²) in [5.74, 6) is 0. The van der Waals surface area contributed by atoms with Crippen molar-refractivity contribution in [3.8, 4) is 55.6 Å². The van der Waals surface area contributed by atoms with E-state index in [0.717, 1.165) is 0 Å². The highest BCUT2D eigenvalue weighted by Crippen LogP contribution is 2.57. The molecule has 0 unspecified atom stereocenters. The van der Waals surface area contributed by atoms with E-state index in [9.17, 15) is 0 Å². The third-order valence-electron chi connectivity index (χ3n) is 14.4. The molecule has 10 aromatic rings. The van der Waals surface area contributed by atoms with E-state index in [1.165, 1.54) is 143 Å². The summed E-state index contributed by atoms with van der Waals surface area (Å²) in [7, 11) is 0. The van der Waals surface area contributed by atoms with E-state index in [1.54, 1.807) is 0 Å². The molecule has 10 aromatic carbocycles. The van der Waals surface area contributed by atoms with Crippen LogP contribution in [0.4, 0.5) is 0 Å². The van der Waals surface area contributed by atoms with Crippen LogP contribution in [0.1, 0.15) is 65.5 Å². The van der Waals surface area contributed by atoms with Crippen LogP contribution in [0.5, 0.6) is 0 Å². The smallest absolute Gasteiger partial charge is 0.0215 e. The minimum Gasteiger partial charge on any atom is -0.0622 e. The highest BCUT2D eigenvalue weighted by molar-refractivity contribution is 5.99. The molecule has 0 radical (unpaired) electrons. The molecule has 0 atom stereocenters. The van der Waals surface area contributed by atoms with Crippen LogP contribution in [-0.4, -0.2) is 0 Å². The maximum atomic E-state index is 2.57. The second-order valence-corrected chi connectivity index (χ2v) is 18.4. The molecular weight excluding hydrogens is 793 g/mol. The van der Waals surface area contributed by atoms with Gasteiger partial charge < -0.3 is 0 Å². The molecule has 0 amide bonds. The fourth-order valence-electron chi connectivity index (χ4n) is 11.2. The molecule has 314 valence electrons. The molecule has 2 aliphatic carbocycles. The number of hydrogen-bond acceptors (Lipinski definition) is 0. The van der Waals surface area contributed by atoms with E-state index in [-0.39, 0.29) is 5.41 Å². The summed E-state index contributed by atoms with van der Waals surface area (Å²) in [6.07, 6.45) is 15.1. The average molecular weight is 843 g/mol. The van der Waals surface area contributed by atoms with Gasteiger partial charge in [0.2, 0.25) is 0 Å². The van der Waals surface area contributed by atoms with Crippen molar-refractivity contribution in [1.82, 2.24) is 0 Å². The lowest BCUT2D eigenvalue weighted by molar-refractivity contribution is 0.353. The molecule has 12 rings (SSSR count). The van der Waals surface area contributed by atoms with E-state index < -0.39 is 0 Å². The Balaban J connectivity index is 0.981. The van der Waals surface area contributed by atoms with Crippen LogP contribution in [-0.2, 0) is 5.41 Å². The topological polar surface area (TPSA) is 0 Å². The summed E-state index contributed by atoms with van der Waals surface area (Å²) in [6, 6.07) is 81.3. The van der Waals surface area contributed by atoms with Crippen molar-refractivity contribution in [2.45, 2.75) is 37.5 Å². The summed E-state index contributed by atoms with van der Waals surface area (Å²) in [5, 5.41) is 5.07. The Bertz CT molecular complexity index is 3250. The lowest BCUT2D eigenvalue weighted by Gasteiger charge is -2.36. The molecule has 1 fully saturated rings. The Hall–Kier alpha value is -7.80. The van der Waals surface area contributed by atoms with Gasteiger partial charge in [0.25, 0.3) is 0 Å². The van der Waals surface area contributed by atoms with Crippen LogP contribution in [0.2, 0.25) is 0 Å². The van der Waals surface area contributed by atoms with E-state index in [1.807, 2.05) is 0 Å². The van der Waals surface area contributed by atoms with Crippen molar-refractivity contribution in [2.24, 2.45) is 0 Å². The maximum absolute atomic E-state index is 2.57. The Labute approximate surface area is 388 Å². The van der Waals surface area contributed by atoms with Gasteiger partial charge in [0.15, 0.2) is 0 Å². The van der Waals surface area contributed by atoms with Gasteiger partial charge >= 0.3 is 0 Å². The van der Waals surface area contributed by atoms with Gasteiger partial charge in [-0.25, -0.2) is 0 Å². The molecule has 0 aromatic heterocycles. The zero-order valence-electron chi connectivity index (χ0n) is 37.1. The Morgan fingerprint density at radius 2 is 0.682 bits per heavy atom. The van der Waals surface area contributed by atoms with Crippen LogP contribution in [0.25, 0.3) is 101 Å². The third-order valence-corrected chi connectivity index (χ3v) is 14.4. The zero-order chi connectivity index (χ0) is 43.9. The van der Waals surface area contributed by atoms with E-state index >= 15 is 0 Å². The molecule has 0 heteroatoms. The highest BCUT2D eigenvalue weighted by Gasteiger charge is 2.44. The van der Waals surface area contributed by atoms with Gasteiger partial charge in [-0.3, -0.25) is 0 Å². The van der Waals surface area contributed by atoms with Crippen LogP contribution in [0.3, 0.4) is 0 Å². The molecule has 0 heterocycles. The minimum absolute atomic E-state index is 0.0263. The van der Waals surface area contributed by atoms with Gasteiger partial charge in [-0.1, -0.05) is 213 Å². The first-order chi connectivity index (χ1) is 32.6. The highest BCUT2D eigenvalue weighted by atomic mass is 14.5. The predicted octanol–water partition coefficient (Wildman–Crippen LogP) is 18.2. The standard InChI is InChI=1S/C66H50/c1-4-16-46(17-5-1)28-30-48-38-54(42-56(40-48)60-26-14-22-50-20-8-10-24-58(50)60)52-32-34-62-63-35-33-53(45-65(63)66(64(62)44-52)36-12-3-13-37-66)55-39-49(31-29-47-18-6-2-7-19-47)41-57(43-55)61-27-15-23-51-21-9-11-25-59(51)61/h1-2,4-11,14-35,38-45H,3,12-13,36-37H2. The SMILES string of the molecule is C(=Cc1cc(-c2ccc3c(c2)C2(CCCCC2)c2cc(-c4cc(C=Cc5ccccc5)cc(-c5cccc6ccccc56)c4)ccc2-3)cc(-c2cccc3ccccc23)c1)c1ccccc1. The maximum Gasteiger partial charge on any atom is 0.0215 e. The normalized spacial score (nSPS) is 14.1. The molecule has 0 nitrogen and oxygen atoms in total. The van der Waals surface area contributed by atoms with Gasteiger partial charge in [-0.05, 0) is 172 Å². The fraction of sp³-hybridized carbons (Fsp3) is 0.0909. The monoisotopic (exact) mass is 842 g/mol. The summed E-state index contributed by atoms with van der Waals surface area (Å²) < 4.78 is 0. The minimum atomic E-state index is -0.0263. The molecule has 0 N–H and O–H groups in total. The summed E-state index contributed by atoms with van der Waals surface area (Å²) in [4.78, 5) is 0. The van der Waals surface area contributed by atoms with Crippen molar-refractivity contribution in [1.29, 1.82) is 0 Å². The largest absolute Gasteiger partial charge is 0.0622 e. The lowest BCUT2D eigenvalue weighted by atomic mass is 9.67. The van der Waals surface area contributed by atoms with Gasteiger partial charge in [-0.2, -0.15) is 0 Å². The first-order valence-electron chi connectivity index (χ1n) is 23.7. The van der Waals surface area contributed by atoms with Crippen LogP contribution >= 0.6 is 0 Å². The van der Waals surface area contributed by atoms with Gasteiger partial charge in [-0.15, -0.1) is 0 Å². The van der Waals surface area contributed by atoms with Gasteiger partial charge in [0.05, 0.1) is 0 Å². The Morgan fingerprint density at radius 1 is 0.273 bits per heavy atom. The van der Waals surface area contributed by atoms with E-state index in [0.29, 0.717) is 0 Å². The molecule has 1 spiro atoms. The molecule has 0 bridgehead atoms. The molecule has 1 saturated carbocycles. The van der Waals surface area contributed by atoms with Crippen molar-refractivity contribution in [2.75, 3.05) is 0 Å². The van der Waals surface area contributed by atoms with E-state index in [4.69, 9.17) is 0 Å². The second-order valence-electron chi connectivity index (χ2n) is 18.4. The summed E-state index contributed by atoms with van der Waals surface area (Å²) in [6.45, 7) is 0. The van der Waals surface area contributed by atoms with E-state index in [2.05, 4.69) is 243 Å². The Morgan fingerprint density at radius 3 is 1.17 bits per heavy atom. The predicted molar refractivity (Wildman–Crippen MR) is 283 cm³/mol. The zero-order valence-corrected chi connectivity index (χ0v) is 37.1. The molecule has 0 aliphatic heterocycles. The first kappa shape index (κ1) is 39.8. The third kappa shape index (κ3) is 7.39. The van der Waals surface area contributed by atoms with Crippen LogP contribution < -0.4 is 0 Å².